The van der Waals surface area contributed by atoms with Gasteiger partial charge in [-0.25, -0.2) is 9.97 Å². The van der Waals surface area contributed by atoms with Crippen molar-refractivity contribution in [2.45, 2.75) is 26.3 Å². The molecule has 0 radical (unpaired) electrons. The quantitative estimate of drug-likeness (QED) is 0.294. The minimum Gasteiger partial charge on any atom is -0.437 e. The topological polar surface area (TPSA) is 43.9 Å². The Bertz CT molecular complexity index is 1600. The van der Waals surface area contributed by atoms with E-state index in [9.17, 15) is 0 Å². The van der Waals surface area contributed by atoms with Gasteiger partial charge < -0.3 is 8.98 Å². The molecule has 3 aromatic carbocycles. The second-order valence-corrected chi connectivity index (χ2v) is 9.13. The summed E-state index contributed by atoms with van der Waals surface area (Å²) in [5, 5.41) is 2.07. The molecule has 0 aliphatic heterocycles. The van der Waals surface area contributed by atoms with Crippen molar-refractivity contribution in [1.29, 1.82) is 0 Å². The maximum absolute atomic E-state index is 6.40. The highest BCUT2D eigenvalue weighted by Gasteiger charge is 2.25. The van der Waals surface area contributed by atoms with Crippen molar-refractivity contribution in [1.82, 2.24) is 14.5 Å². The van der Waals surface area contributed by atoms with Crippen LogP contribution in [-0.2, 0) is 5.54 Å². The maximum Gasteiger partial charge on any atom is 0.227 e. The molecule has 32 heavy (non-hydrogen) atoms. The van der Waals surface area contributed by atoms with Gasteiger partial charge in [0.2, 0.25) is 5.71 Å². The molecule has 6 rings (SSSR count). The molecular formula is C28H23N3O. The van der Waals surface area contributed by atoms with Gasteiger partial charge in [-0.05, 0) is 51.1 Å². The Kier molecular flexibility index (Phi) is 3.99. The Morgan fingerprint density at radius 2 is 1.50 bits per heavy atom. The number of benzene rings is 3. The first-order valence-corrected chi connectivity index (χ1v) is 10.9. The number of nitrogens with zero attached hydrogens (tertiary/aromatic N) is 3. The van der Waals surface area contributed by atoms with E-state index in [1.54, 1.807) is 0 Å². The summed E-state index contributed by atoms with van der Waals surface area (Å²) < 4.78 is 8.70. The molecule has 0 bridgehead atoms. The van der Waals surface area contributed by atoms with Crippen molar-refractivity contribution in [2.75, 3.05) is 0 Å². The Morgan fingerprint density at radius 1 is 0.719 bits per heavy atom. The van der Waals surface area contributed by atoms with E-state index in [1.165, 1.54) is 0 Å². The second kappa shape index (κ2) is 6.79. The zero-order valence-electron chi connectivity index (χ0n) is 18.3. The second-order valence-electron chi connectivity index (χ2n) is 9.13. The third-order valence-corrected chi connectivity index (χ3v) is 5.91. The van der Waals surface area contributed by atoms with Gasteiger partial charge in [0.05, 0.1) is 22.3 Å². The van der Waals surface area contributed by atoms with Crippen molar-refractivity contribution in [2.24, 2.45) is 0 Å². The van der Waals surface area contributed by atoms with Crippen LogP contribution in [0, 0.1) is 0 Å². The van der Waals surface area contributed by atoms with Gasteiger partial charge in [-0.3, -0.25) is 0 Å². The van der Waals surface area contributed by atoms with E-state index < -0.39 is 0 Å². The van der Waals surface area contributed by atoms with Crippen molar-refractivity contribution in [3.8, 4) is 22.6 Å². The van der Waals surface area contributed by atoms with Crippen molar-refractivity contribution in [3.63, 3.8) is 0 Å². The fourth-order valence-electron chi connectivity index (χ4n) is 4.51. The van der Waals surface area contributed by atoms with E-state index >= 15 is 0 Å². The number of furan rings is 1. The average Bonchev–Trinajstić information content (AvgIpc) is 3.37. The molecule has 0 unspecified atom stereocenters. The number of pyridine rings is 1. The lowest BCUT2D eigenvalue weighted by molar-refractivity contribution is 0.413. The van der Waals surface area contributed by atoms with Crippen molar-refractivity contribution < 1.29 is 4.42 Å². The standard InChI is InChI=1S/C28H23N3O/c1-28(2,3)31-24-15-8-7-14-23(24)29-26(31)21-13-9-12-19-20-16-17-22(18-10-5-4-6-11-18)30-27(20)32-25(19)21/h4-17H,1-3H3. The number of aromatic nitrogens is 3. The fourth-order valence-corrected chi connectivity index (χ4v) is 4.51. The van der Waals surface area contributed by atoms with E-state index in [1.807, 2.05) is 24.3 Å². The number of rotatable bonds is 2. The Balaban J connectivity index is 1.63. The summed E-state index contributed by atoms with van der Waals surface area (Å²) in [4.78, 5) is 9.85. The van der Waals surface area contributed by atoms with Gasteiger partial charge in [-0.1, -0.05) is 54.6 Å². The first kappa shape index (κ1) is 18.8. The van der Waals surface area contributed by atoms with Crippen LogP contribution in [-0.4, -0.2) is 14.5 Å². The van der Waals surface area contributed by atoms with E-state index in [-0.39, 0.29) is 5.54 Å². The summed E-state index contributed by atoms with van der Waals surface area (Å²) >= 11 is 0. The predicted octanol–water partition coefficient (Wildman–Crippen LogP) is 7.42. The minimum atomic E-state index is -0.141. The molecule has 6 aromatic rings. The predicted molar refractivity (Wildman–Crippen MR) is 131 cm³/mol. The zero-order chi connectivity index (χ0) is 21.9. The van der Waals surface area contributed by atoms with Gasteiger partial charge >= 0.3 is 0 Å². The summed E-state index contributed by atoms with van der Waals surface area (Å²) in [6.45, 7) is 6.62. The molecule has 0 fully saturated rings. The normalized spacial score (nSPS) is 12.2. The molecule has 0 saturated carbocycles. The average molecular weight is 418 g/mol. The highest BCUT2D eigenvalue weighted by Crippen LogP contribution is 2.38. The van der Waals surface area contributed by atoms with Crippen LogP contribution in [0.2, 0.25) is 0 Å². The van der Waals surface area contributed by atoms with Gasteiger partial charge in [-0.2, -0.15) is 0 Å². The summed E-state index contributed by atoms with van der Waals surface area (Å²) in [5.41, 5.74) is 6.38. The largest absolute Gasteiger partial charge is 0.437 e. The van der Waals surface area contributed by atoms with E-state index in [0.29, 0.717) is 5.71 Å². The Labute approximate surface area is 186 Å². The molecule has 4 nitrogen and oxygen atoms in total. The highest BCUT2D eigenvalue weighted by molar-refractivity contribution is 6.08. The fraction of sp³-hybridized carbons (Fsp3) is 0.143. The number of fused-ring (bicyclic) bond motifs is 4. The number of hydrogen-bond donors (Lipinski definition) is 0. The maximum atomic E-state index is 6.40. The molecule has 0 amide bonds. The van der Waals surface area contributed by atoms with Crippen LogP contribution in [0.3, 0.4) is 0 Å². The molecule has 0 aliphatic rings. The molecular weight excluding hydrogens is 394 g/mol. The molecule has 3 heterocycles. The van der Waals surface area contributed by atoms with Crippen LogP contribution in [0.1, 0.15) is 20.8 Å². The van der Waals surface area contributed by atoms with Crippen molar-refractivity contribution >= 4 is 33.1 Å². The SMILES string of the molecule is CC(C)(C)n1c(-c2cccc3c2oc2nc(-c4ccccc4)ccc23)nc2ccccc21. The zero-order valence-corrected chi connectivity index (χ0v) is 18.3. The van der Waals surface area contributed by atoms with Gasteiger partial charge in [0, 0.05) is 21.9 Å². The highest BCUT2D eigenvalue weighted by atomic mass is 16.3. The summed E-state index contributed by atoms with van der Waals surface area (Å²) in [7, 11) is 0. The van der Waals surface area contributed by atoms with Crippen LogP contribution >= 0.6 is 0 Å². The van der Waals surface area contributed by atoms with Crippen LogP contribution in [0.25, 0.3) is 55.7 Å². The first-order valence-electron chi connectivity index (χ1n) is 10.9. The third-order valence-electron chi connectivity index (χ3n) is 5.91. The van der Waals surface area contributed by atoms with E-state index in [4.69, 9.17) is 14.4 Å². The molecule has 4 heteroatoms. The van der Waals surface area contributed by atoms with Gasteiger partial charge in [0.25, 0.3) is 0 Å². The van der Waals surface area contributed by atoms with Crippen LogP contribution in [0.5, 0.6) is 0 Å². The van der Waals surface area contributed by atoms with Gasteiger partial charge in [0.1, 0.15) is 11.4 Å². The lowest BCUT2D eigenvalue weighted by atomic mass is 10.1. The molecule has 0 saturated heterocycles. The van der Waals surface area contributed by atoms with Crippen LogP contribution in [0.15, 0.2) is 89.3 Å². The molecule has 3 aromatic heterocycles. The number of para-hydroxylation sites is 3. The van der Waals surface area contributed by atoms with Gasteiger partial charge in [0.15, 0.2) is 0 Å². The van der Waals surface area contributed by atoms with Crippen molar-refractivity contribution in [3.05, 3.63) is 84.9 Å². The smallest absolute Gasteiger partial charge is 0.227 e. The lowest BCUT2D eigenvalue weighted by Crippen LogP contribution is -2.22. The van der Waals surface area contributed by atoms with E-state index in [2.05, 4.69) is 86.0 Å². The Hall–Kier alpha value is -3.92. The molecule has 0 aliphatic carbocycles. The monoisotopic (exact) mass is 417 g/mol. The Morgan fingerprint density at radius 3 is 2.31 bits per heavy atom. The van der Waals surface area contributed by atoms with E-state index in [0.717, 1.165) is 50.0 Å². The van der Waals surface area contributed by atoms with Crippen LogP contribution in [0.4, 0.5) is 0 Å². The third kappa shape index (κ3) is 2.83. The summed E-state index contributed by atoms with van der Waals surface area (Å²) in [6.07, 6.45) is 0. The molecule has 0 atom stereocenters. The minimum absolute atomic E-state index is 0.141. The molecule has 156 valence electrons. The van der Waals surface area contributed by atoms with Gasteiger partial charge in [-0.15, -0.1) is 0 Å². The molecule has 0 spiro atoms. The first-order chi connectivity index (χ1) is 15.5. The number of hydrogen-bond acceptors (Lipinski definition) is 3. The molecule has 0 N–H and O–H groups in total. The summed E-state index contributed by atoms with van der Waals surface area (Å²) in [6, 6.07) is 28.9. The number of imidazole rings is 1. The lowest BCUT2D eigenvalue weighted by Gasteiger charge is -2.24. The van der Waals surface area contributed by atoms with Crippen LogP contribution < -0.4 is 0 Å². The summed E-state index contributed by atoms with van der Waals surface area (Å²) in [5.74, 6) is 0.909.